The van der Waals surface area contributed by atoms with Crippen LogP contribution in [0.3, 0.4) is 0 Å². The van der Waals surface area contributed by atoms with Crippen molar-refractivity contribution >= 4 is 11.5 Å². The van der Waals surface area contributed by atoms with Crippen molar-refractivity contribution in [1.29, 1.82) is 0 Å². The van der Waals surface area contributed by atoms with Crippen LogP contribution in [0.25, 0.3) is 16.8 Å². The summed E-state index contributed by atoms with van der Waals surface area (Å²) in [6.07, 6.45) is 1.70. The van der Waals surface area contributed by atoms with Gasteiger partial charge in [-0.2, -0.15) is 0 Å². The second-order valence-corrected chi connectivity index (χ2v) is 3.87. The smallest absolute Gasteiger partial charge is 0.238 e. The molecule has 1 aromatic carbocycles. The number of rotatable bonds is 2. The van der Waals surface area contributed by atoms with E-state index in [9.17, 15) is 0 Å². The number of hydrogen-bond donors (Lipinski definition) is 1. The third kappa shape index (κ3) is 1.57. The number of aromatic nitrogens is 3. The lowest BCUT2D eigenvalue weighted by Crippen LogP contribution is -2.01. The molecule has 5 heteroatoms. The average Bonchev–Trinajstić information content (AvgIpc) is 2.81. The van der Waals surface area contributed by atoms with Crippen molar-refractivity contribution < 1.29 is 4.74 Å². The van der Waals surface area contributed by atoms with E-state index in [0.717, 1.165) is 22.5 Å². The molecule has 90 valence electrons. The van der Waals surface area contributed by atoms with E-state index < -0.39 is 0 Å². The van der Waals surface area contributed by atoms with Gasteiger partial charge in [-0.15, -0.1) is 5.10 Å². The number of nitrogens with two attached hydrogens (primary N) is 1. The highest BCUT2D eigenvalue weighted by Crippen LogP contribution is 2.30. The monoisotopic (exact) mass is 240 g/mol. The summed E-state index contributed by atoms with van der Waals surface area (Å²) in [5.74, 6) is 1.05. The highest BCUT2D eigenvalue weighted by Gasteiger charge is 2.10. The molecule has 0 aliphatic heterocycles. The maximum Gasteiger partial charge on any atom is 0.238 e. The Hall–Kier alpha value is -2.56. The molecule has 0 radical (unpaired) electrons. The van der Waals surface area contributed by atoms with E-state index in [0.29, 0.717) is 0 Å². The number of anilines is 1. The molecule has 2 heterocycles. The third-order valence-electron chi connectivity index (χ3n) is 2.80. The predicted molar refractivity (Wildman–Crippen MR) is 69.4 cm³/mol. The van der Waals surface area contributed by atoms with Crippen LogP contribution >= 0.6 is 0 Å². The van der Waals surface area contributed by atoms with Gasteiger partial charge in [-0.1, -0.05) is 12.1 Å². The Morgan fingerprint density at radius 1 is 1.17 bits per heavy atom. The summed E-state index contributed by atoms with van der Waals surface area (Å²) in [5, 5.41) is 4.22. The summed E-state index contributed by atoms with van der Waals surface area (Å²) in [6, 6.07) is 11.7. The van der Waals surface area contributed by atoms with Crippen LogP contribution in [0.1, 0.15) is 0 Å². The number of nitrogens with zero attached hydrogens (tertiary/aromatic N) is 3. The van der Waals surface area contributed by atoms with Gasteiger partial charge in [0.15, 0.2) is 0 Å². The van der Waals surface area contributed by atoms with Crippen molar-refractivity contribution in [2.45, 2.75) is 0 Å². The Labute approximate surface area is 104 Å². The Bertz CT molecular complexity index is 705. The van der Waals surface area contributed by atoms with Crippen LogP contribution in [0, 0.1) is 0 Å². The maximum atomic E-state index is 5.63. The first kappa shape index (κ1) is 10.6. The summed E-state index contributed by atoms with van der Waals surface area (Å²) >= 11 is 0. The zero-order chi connectivity index (χ0) is 12.5. The number of ether oxygens (including phenoxy) is 1. The predicted octanol–water partition coefficient (Wildman–Crippen LogP) is 1.99. The SMILES string of the molecule is COc1ccccc1-c1ccc2cnc(N)nn12. The fraction of sp³-hybridized carbons (Fsp3) is 0.0769. The molecule has 0 atom stereocenters. The number of para-hydroxylation sites is 1. The number of methoxy groups -OCH3 is 1. The van der Waals surface area contributed by atoms with Gasteiger partial charge in [-0.25, -0.2) is 9.50 Å². The Kier molecular flexibility index (Phi) is 2.37. The number of nitrogen functional groups attached to an aromatic ring is 1. The van der Waals surface area contributed by atoms with Crippen LogP contribution in [0.5, 0.6) is 5.75 Å². The summed E-state index contributed by atoms with van der Waals surface area (Å²) in [7, 11) is 1.65. The highest BCUT2D eigenvalue weighted by atomic mass is 16.5. The first-order valence-electron chi connectivity index (χ1n) is 5.53. The third-order valence-corrected chi connectivity index (χ3v) is 2.80. The van der Waals surface area contributed by atoms with Crippen LogP contribution in [-0.4, -0.2) is 21.7 Å². The first-order chi connectivity index (χ1) is 8.79. The zero-order valence-electron chi connectivity index (χ0n) is 9.87. The van der Waals surface area contributed by atoms with E-state index in [-0.39, 0.29) is 5.95 Å². The summed E-state index contributed by atoms with van der Waals surface area (Å²) in [5.41, 5.74) is 8.42. The van der Waals surface area contributed by atoms with Crippen LogP contribution in [0.2, 0.25) is 0 Å². The molecule has 0 amide bonds. The Balaban J connectivity index is 2.28. The minimum atomic E-state index is 0.245. The standard InChI is InChI=1S/C13H12N4O/c1-18-12-5-3-2-4-10(12)11-7-6-9-8-15-13(14)16-17(9)11/h2-8H,1H3,(H2,14,16). The summed E-state index contributed by atoms with van der Waals surface area (Å²) in [6.45, 7) is 0. The Morgan fingerprint density at radius 2 is 2.00 bits per heavy atom. The normalized spacial score (nSPS) is 10.7. The quantitative estimate of drug-likeness (QED) is 0.744. The van der Waals surface area contributed by atoms with Crippen LogP contribution in [0.4, 0.5) is 5.95 Å². The fourth-order valence-electron chi connectivity index (χ4n) is 1.97. The molecule has 0 unspecified atom stereocenters. The summed E-state index contributed by atoms with van der Waals surface area (Å²) in [4.78, 5) is 3.97. The van der Waals surface area contributed by atoms with Crippen molar-refractivity contribution in [1.82, 2.24) is 14.6 Å². The molecule has 0 bridgehead atoms. The van der Waals surface area contributed by atoms with E-state index in [2.05, 4.69) is 10.1 Å². The van der Waals surface area contributed by atoms with Crippen LogP contribution in [0.15, 0.2) is 42.6 Å². The van der Waals surface area contributed by atoms with Crippen molar-refractivity contribution in [3.05, 3.63) is 42.6 Å². The molecule has 3 rings (SSSR count). The molecular formula is C13H12N4O. The molecule has 3 aromatic rings. The molecule has 0 spiro atoms. The number of hydrogen-bond acceptors (Lipinski definition) is 4. The van der Waals surface area contributed by atoms with Crippen molar-refractivity contribution in [3.8, 4) is 17.0 Å². The molecule has 2 N–H and O–H groups in total. The van der Waals surface area contributed by atoms with Gasteiger partial charge in [0.2, 0.25) is 5.95 Å². The van der Waals surface area contributed by atoms with Crippen LogP contribution in [-0.2, 0) is 0 Å². The largest absolute Gasteiger partial charge is 0.496 e. The molecule has 0 saturated heterocycles. The Morgan fingerprint density at radius 3 is 2.83 bits per heavy atom. The van der Waals surface area contributed by atoms with E-state index in [4.69, 9.17) is 10.5 Å². The van der Waals surface area contributed by atoms with E-state index in [1.807, 2.05) is 36.4 Å². The van der Waals surface area contributed by atoms with E-state index in [1.54, 1.807) is 17.8 Å². The average molecular weight is 240 g/mol. The van der Waals surface area contributed by atoms with E-state index in [1.165, 1.54) is 0 Å². The minimum Gasteiger partial charge on any atom is -0.496 e. The summed E-state index contributed by atoms with van der Waals surface area (Å²) < 4.78 is 7.12. The second kappa shape index (κ2) is 4.03. The molecule has 0 saturated carbocycles. The number of benzene rings is 1. The van der Waals surface area contributed by atoms with Gasteiger partial charge >= 0.3 is 0 Å². The highest BCUT2D eigenvalue weighted by molar-refractivity contribution is 5.71. The molecule has 2 aromatic heterocycles. The topological polar surface area (TPSA) is 65.4 Å². The van der Waals surface area contributed by atoms with Crippen molar-refractivity contribution in [2.24, 2.45) is 0 Å². The second-order valence-electron chi connectivity index (χ2n) is 3.87. The van der Waals surface area contributed by atoms with Gasteiger partial charge in [0.1, 0.15) is 5.75 Å². The maximum absolute atomic E-state index is 5.63. The molecule has 0 aliphatic rings. The van der Waals surface area contributed by atoms with Crippen molar-refractivity contribution in [2.75, 3.05) is 12.8 Å². The molecular weight excluding hydrogens is 228 g/mol. The van der Waals surface area contributed by atoms with Gasteiger partial charge in [0, 0.05) is 5.56 Å². The van der Waals surface area contributed by atoms with Gasteiger partial charge < -0.3 is 10.5 Å². The van der Waals surface area contributed by atoms with E-state index >= 15 is 0 Å². The van der Waals surface area contributed by atoms with Crippen molar-refractivity contribution in [3.63, 3.8) is 0 Å². The van der Waals surface area contributed by atoms with Crippen LogP contribution < -0.4 is 10.5 Å². The lowest BCUT2D eigenvalue weighted by atomic mass is 10.1. The lowest BCUT2D eigenvalue weighted by Gasteiger charge is -2.07. The minimum absolute atomic E-state index is 0.245. The zero-order valence-corrected chi connectivity index (χ0v) is 9.87. The first-order valence-corrected chi connectivity index (χ1v) is 5.53. The molecule has 0 fully saturated rings. The lowest BCUT2D eigenvalue weighted by molar-refractivity contribution is 0.416. The van der Waals surface area contributed by atoms with Gasteiger partial charge in [-0.05, 0) is 24.3 Å². The molecule has 0 aliphatic carbocycles. The van der Waals surface area contributed by atoms with Gasteiger partial charge in [0.25, 0.3) is 0 Å². The van der Waals surface area contributed by atoms with Gasteiger partial charge in [-0.3, -0.25) is 0 Å². The molecule has 18 heavy (non-hydrogen) atoms. The van der Waals surface area contributed by atoms with Gasteiger partial charge in [0.05, 0.1) is 24.5 Å². The molecule has 5 nitrogen and oxygen atoms in total. The number of fused-ring (bicyclic) bond motifs is 1. The fourth-order valence-corrected chi connectivity index (χ4v) is 1.97.